The van der Waals surface area contributed by atoms with Gasteiger partial charge in [-0.25, -0.2) is 4.79 Å². The predicted molar refractivity (Wildman–Crippen MR) is 54.7 cm³/mol. The fourth-order valence-electron chi connectivity index (χ4n) is 1.43. The van der Waals surface area contributed by atoms with E-state index in [0.717, 1.165) is 32.5 Å². The van der Waals surface area contributed by atoms with Gasteiger partial charge in [-0.1, -0.05) is 0 Å². The smallest absolute Gasteiger partial charge is 0.122 e. The summed E-state index contributed by atoms with van der Waals surface area (Å²) in [5.74, 6) is 1.76. The number of likely N-dealkylation sites (N-methyl/N-ethyl adjacent to an activating group) is 1. The number of allylic oxidation sites excluding steroid dienone is 1. The lowest BCUT2D eigenvalue weighted by Gasteiger charge is -2.32. The molecule has 0 aromatic carbocycles. The van der Waals surface area contributed by atoms with Crippen molar-refractivity contribution in [2.75, 3.05) is 33.3 Å². The van der Waals surface area contributed by atoms with E-state index in [1.807, 2.05) is 0 Å². The molecule has 0 aliphatic carbocycles. The number of rotatable bonds is 5. The predicted octanol–water partition coefficient (Wildman–Crippen LogP) is 0.0321. The normalized spacial score (nSPS) is 23.1. The first-order valence-electron chi connectivity index (χ1n) is 5.06. The molecule has 4 nitrogen and oxygen atoms in total. The number of ether oxygens (including phenoxy) is 1. The number of hydrogen-bond acceptors (Lipinski definition) is 4. The van der Waals surface area contributed by atoms with E-state index < -0.39 is 0 Å². The Morgan fingerprint density at radius 2 is 2.57 bits per heavy atom. The van der Waals surface area contributed by atoms with Gasteiger partial charge in [0.1, 0.15) is 12.2 Å². The monoisotopic (exact) mass is 198 g/mol. The second kappa shape index (κ2) is 6.74. The molecule has 0 amide bonds. The molecule has 14 heavy (non-hydrogen) atoms. The van der Waals surface area contributed by atoms with E-state index in [4.69, 9.17) is 4.74 Å². The molecule has 1 N–H and O–H groups in total. The molecule has 1 unspecified atom stereocenters. The largest absolute Gasteiger partial charge is 0.362 e. The van der Waals surface area contributed by atoms with Crippen molar-refractivity contribution in [1.82, 2.24) is 10.2 Å². The molecule has 0 saturated carbocycles. The highest BCUT2D eigenvalue weighted by molar-refractivity contribution is 5.44. The molecule has 1 rings (SSSR count). The lowest BCUT2D eigenvalue weighted by molar-refractivity contribution is -0.0585. The van der Waals surface area contributed by atoms with Crippen LogP contribution in [-0.4, -0.2) is 50.4 Å². The molecule has 4 heteroatoms. The van der Waals surface area contributed by atoms with Gasteiger partial charge in [-0.15, -0.1) is 0 Å². The van der Waals surface area contributed by atoms with E-state index in [2.05, 4.69) is 17.3 Å². The van der Waals surface area contributed by atoms with E-state index in [0.29, 0.717) is 6.61 Å². The third kappa shape index (κ3) is 4.03. The summed E-state index contributed by atoms with van der Waals surface area (Å²) >= 11 is 0. The SMILES string of the molecule is CN1CCNCC1OCCCC=C=O. The summed E-state index contributed by atoms with van der Waals surface area (Å²) in [6, 6.07) is 0. The Kier molecular flexibility index (Phi) is 5.49. The van der Waals surface area contributed by atoms with Crippen molar-refractivity contribution in [3.8, 4) is 0 Å². The zero-order valence-electron chi connectivity index (χ0n) is 8.66. The lowest BCUT2D eigenvalue weighted by atomic mass is 10.3. The lowest BCUT2D eigenvalue weighted by Crippen LogP contribution is -2.50. The van der Waals surface area contributed by atoms with Crippen LogP contribution in [0.15, 0.2) is 6.08 Å². The zero-order chi connectivity index (χ0) is 10.2. The van der Waals surface area contributed by atoms with Gasteiger partial charge >= 0.3 is 0 Å². The maximum Gasteiger partial charge on any atom is 0.122 e. The van der Waals surface area contributed by atoms with Gasteiger partial charge in [-0.05, 0) is 26.0 Å². The van der Waals surface area contributed by atoms with Crippen molar-refractivity contribution in [3.63, 3.8) is 0 Å². The first-order valence-corrected chi connectivity index (χ1v) is 5.06. The fourth-order valence-corrected chi connectivity index (χ4v) is 1.43. The van der Waals surface area contributed by atoms with Crippen LogP contribution in [-0.2, 0) is 9.53 Å². The summed E-state index contributed by atoms with van der Waals surface area (Å²) < 4.78 is 5.66. The van der Waals surface area contributed by atoms with Crippen molar-refractivity contribution in [3.05, 3.63) is 6.08 Å². The van der Waals surface area contributed by atoms with Gasteiger partial charge in [0.2, 0.25) is 0 Å². The maximum atomic E-state index is 9.88. The quantitative estimate of drug-likeness (QED) is 0.500. The van der Waals surface area contributed by atoms with Crippen molar-refractivity contribution in [1.29, 1.82) is 0 Å². The minimum absolute atomic E-state index is 0.184. The van der Waals surface area contributed by atoms with Crippen LogP contribution in [0.25, 0.3) is 0 Å². The Balaban J connectivity index is 2.07. The van der Waals surface area contributed by atoms with Crippen molar-refractivity contribution < 1.29 is 9.53 Å². The summed E-state index contributed by atoms with van der Waals surface area (Å²) in [4.78, 5) is 12.1. The Labute approximate surface area is 84.9 Å². The van der Waals surface area contributed by atoms with Gasteiger partial charge in [0.15, 0.2) is 0 Å². The topological polar surface area (TPSA) is 41.6 Å². The Hall–Kier alpha value is -0.670. The Morgan fingerprint density at radius 1 is 1.71 bits per heavy atom. The molecule has 0 bridgehead atoms. The fraction of sp³-hybridized carbons (Fsp3) is 0.800. The maximum absolute atomic E-state index is 9.88. The number of piperazine rings is 1. The highest BCUT2D eigenvalue weighted by Gasteiger charge is 2.17. The molecule has 0 spiro atoms. The molecule has 1 fully saturated rings. The van der Waals surface area contributed by atoms with Crippen LogP contribution in [0.1, 0.15) is 12.8 Å². The van der Waals surface area contributed by atoms with E-state index in [1.54, 1.807) is 5.94 Å². The summed E-state index contributed by atoms with van der Waals surface area (Å²) in [5.41, 5.74) is 0. The highest BCUT2D eigenvalue weighted by atomic mass is 16.5. The van der Waals surface area contributed by atoms with Gasteiger partial charge in [-0.3, -0.25) is 4.90 Å². The van der Waals surface area contributed by atoms with Crippen molar-refractivity contribution >= 4 is 5.94 Å². The van der Waals surface area contributed by atoms with E-state index in [-0.39, 0.29) is 6.23 Å². The van der Waals surface area contributed by atoms with Crippen molar-refractivity contribution in [2.45, 2.75) is 19.1 Å². The number of unbranched alkanes of at least 4 members (excludes halogenated alkanes) is 1. The minimum Gasteiger partial charge on any atom is -0.362 e. The first kappa shape index (κ1) is 11.4. The van der Waals surface area contributed by atoms with Crippen molar-refractivity contribution in [2.24, 2.45) is 0 Å². The third-order valence-corrected chi connectivity index (χ3v) is 2.34. The standard InChI is InChI=1S/C10H18N2O2/c1-12-6-5-11-9-10(12)14-8-4-2-3-7-13/h3,10-11H,2,4-6,8-9H2,1H3. The molecule has 0 aromatic rings. The second-order valence-electron chi connectivity index (χ2n) is 3.47. The third-order valence-electron chi connectivity index (χ3n) is 2.34. The molecule has 1 heterocycles. The number of nitrogens with zero attached hydrogens (tertiary/aromatic N) is 1. The number of hydrogen-bond donors (Lipinski definition) is 1. The van der Waals surface area contributed by atoms with Crippen LogP contribution in [0, 0.1) is 0 Å². The number of nitrogens with one attached hydrogen (secondary N) is 1. The van der Waals surface area contributed by atoms with Gasteiger partial charge in [0, 0.05) is 26.2 Å². The Morgan fingerprint density at radius 3 is 3.29 bits per heavy atom. The van der Waals surface area contributed by atoms with E-state index in [1.165, 1.54) is 6.08 Å². The van der Waals surface area contributed by atoms with Crippen LogP contribution >= 0.6 is 0 Å². The van der Waals surface area contributed by atoms with E-state index >= 15 is 0 Å². The second-order valence-corrected chi connectivity index (χ2v) is 3.47. The molecule has 1 saturated heterocycles. The minimum atomic E-state index is 0.184. The van der Waals surface area contributed by atoms with Gasteiger partial charge in [0.05, 0.1) is 0 Å². The number of carbonyl (C=O) groups excluding carboxylic acids is 1. The molecular weight excluding hydrogens is 180 g/mol. The van der Waals surface area contributed by atoms with Gasteiger partial charge in [0.25, 0.3) is 0 Å². The van der Waals surface area contributed by atoms with Gasteiger partial charge in [-0.2, -0.15) is 0 Å². The highest BCUT2D eigenvalue weighted by Crippen LogP contribution is 2.02. The summed E-state index contributed by atoms with van der Waals surface area (Å²) in [6.45, 7) is 3.65. The Bertz CT molecular complexity index is 202. The molecule has 1 aliphatic rings. The molecule has 0 aromatic heterocycles. The van der Waals surface area contributed by atoms with Crippen LogP contribution in [0.4, 0.5) is 0 Å². The average Bonchev–Trinajstić information content (AvgIpc) is 2.20. The molecular formula is C10H18N2O2. The summed E-state index contributed by atoms with van der Waals surface area (Å²) in [7, 11) is 2.07. The van der Waals surface area contributed by atoms with Crippen LogP contribution in [0.5, 0.6) is 0 Å². The molecule has 1 aliphatic heterocycles. The van der Waals surface area contributed by atoms with Crippen LogP contribution < -0.4 is 5.32 Å². The zero-order valence-corrected chi connectivity index (χ0v) is 8.66. The average molecular weight is 198 g/mol. The van der Waals surface area contributed by atoms with E-state index in [9.17, 15) is 4.79 Å². The van der Waals surface area contributed by atoms with Gasteiger partial charge < -0.3 is 10.1 Å². The summed E-state index contributed by atoms with van der Waals surface area (Å²) in [6.07, 6.45) is 3.34. The first-order chi connectivity index (χ1) is 6.84. The molecule has 1 atom stereocenters. The van der Waals surface area contributed by atoms with Crippen LogP contribution in [0.2, 0.25) is 0 Å². The molecule has 0 radical (unpaired) electrons. The van der Waals surface area contributed by atoms with Crippen LogP contribution in [0.3, 0.4) is 0 Å². The summed E-state index contributed by atoms with van der Waals surface area (Å²) in [5, 5.41) is 3.28. The molecule has 80 valence electrons.